The Morgan fingerprint density at radius 1 is 0.773 bits per heavy atom. The van der Waals surface area contributed by atoms with Gasteiger partial charge in [0, 0.05) is 12.3 Å². The van der Waals surface area contributed by atoms with Gasteiger partial charge in [0.25, 0.3) is 0 Å². The molecule has 1 aliphatic heterocycles. The highest BCUT2D eigenvalue weighted by Gasteiger charge is 2.06. The second-order valence-corrected chi connectivity index (χ2v) is 6.98. The van der Waals surface area contributed by atoms with Gasteiger partial charge in [0.15, 0.2) is 0 Å². The molecule has 22 heavy (non-hydrogen) atoms. The van der Waals surface area contributed by atoms with Gasteiger partial charge in [-0.15, -0.1) is 0 Å². The zero-order chi connectivity index (χ0) is 15.9. The van der Waals surface area contributed by atoms with E-state index in [0.29, 0.717) is 0 Å². The fraction of sp³-hybridized carbons (Fsp3) is 0.857. The summed E-state index contributed by atoms with van der Waals surface area (Å²) in [5.74, 6) is 0. The van der Waals surface area contributed by atoms with E-state index in [0.717, 1.165) is 6.54 Å². The van der Waals surface area contributed by atoms with E-state index in [1.165, 1.54) is 108 Å². The van der Waals surface area contributed by atoms with Gasteiger partial charge >= 0.3 is 0 Å². The van der Waals surface area contributed by atoms with Crippen molar-refractivity contribution >= 4 is 5.71 Å². The minimum absolute atomic E-state index is 1.02. The molecular formula is C21H39N. The molecule has 0 fully saturated rings. The first kappa shape index (κ1) is 19.5. The lowest BCUT2D eigenvalue weighted by Crippen LogP contribution is -1.89. The third-order valence-corrected chi connectivity index (χ3v) is 4.89. The Balaban J connectivity index is 1.76. The van der Waals surface area contributed by atoms with Gasteiger partial charge in [-0.2, -0.15) is 0 Å². The molecule has 0 aliphatic carbocycles. The third-order valence-electron chi connectivity index (χ3n) is 4.89. The van der Waals surface area contributed by atoms with Gasteiger partial charge in [0.2, 0.25) is 0 Å². The monoisotopic (exact) mass is 305 g/mol. The van der Waals surface area contributed by atoms with E-state index in [-0.39, 0.29) is 0 Å². The predicted molar refractivity (Wildman–Crippen MR) is 101 cm³/mol. The molecule has 1 nitrogen and oxygen atoms in total. The molecule has 0 spiro atoms. The summed E-state index contributed by atoms with van der Waals surface area (Å²) >= 11 is 0. The quantitative estimate of drug-likeness (QED) is 0.299. The SMILES string of the molecule is CCCCCCCCCCCCCCC/C=C1/CCN=C1C. The molecule has 0 bridgehead atoms. The largest absolute Gasteiger partial charge is 0.289 e. The van der Waals surface area contributed by atoms with Gasteiger partial charge in [-0.3, -0.25) is 4.99 Å². The Morgan fingerprint density at radius 2 is 1.27 bits per heavy atom. The number of hydrogen-bond acceptors (Lipinski definition) is 1. The van der Waals surface area contributed by atoms with Crippen LogP contribution in [-0.2, 0) is 0 Å². The van der Waals surface area contributed by atoms with Crippen LogP contribution in [0.4, 0.5) is 0 Å². The number of aliphatic imine (C=N–C) groups is 1. The maximum atomic E-state index is 4.45. The average Bonchev–Trinajstić information content (AvgIpc) is 2.93. The Kier molecular flexibility index (Phi) is 12.4. The van der Waals surface area contributed by atoms with E-state index in [9.17, 15) is 0 Å². The summed E-state index contributed by atoms with van der Waals surface area (Å²) < 4.78 is 0. The average molecular weight is 306 g/mol. The topological polar surface area (TPSA) is 12.4 Å². The van der Waals surface area contributed by atoms with Crippen LogP contribution in [0.2, 0.25) is 0 Å². The van der Waals surface area contributed by atoms with Gasteiger partial charge in [-0.05, 0) is 31.8 Å². The highest BCUT2D eigenvalue weighted by molar-refractivity contribution is 5.99. The van der Waals surface area contributed by atoms with Crippen LogP contribution in [0, 0.1) is 0 Å². The summed E-state index contributed by atoms with van der Waals surface area (Å²) in [5.41, 5.74) is 2.80. The molecule has 0 aromatic carbocycles. The molecule has 0 radical (unpaired) electrons. The summed E-state index contributed by atoms with van der Waals surface area (Å²) in [6.45, 7) is 5.47. The van der Waals surface area contributed by atoms with E-state index < -0.39 is 0 Å². The van der Waals surface area contributed by atoms with Crippen molar-refractivity contribution in [2.75, 3.05) is 6.54 Å². The molecule has 0 aromatic heterocycles. The van der Waals surface area contributed by atoms with Gasteiger partial charge in [0.05, 0.1) is 0 Å². The molecule has 0 unspecified atom stereocenters. The molecule has 1 aliphatic rings. The molecule has 0 amide bonds. The van der Waals surface area contributed by atoms with Crippen molar-refractivity contribution in [3.8, 4) is 0 Å². The van der Waals surface area contributed by atoms with E-state index in [4.69, 9.17) is 0 Å². The second-order valence-electron chi connectivity index (χ2n) is 6.98. The molecule has 128 valence electrons. The van der Waals surface area contributed by atoms with Crippen LogP contribution in [0.1, 0.15) is 110 Å². The van der Waals surface area contributed by atoms with Crippen molar-refractivity contribution in [1.29, 1.82) is 0 Å². The number of hydrogen-bond donors (Lipinski definition) is 0. The van der Waals surface area contributed by atoms with Crippen LogP contribution < -0.4 is 0 Å². The molecule has 1 rings (SSSR count). The van der Waals surface area contributed by atoms with Gasteiger partial charge in [0.1, 0.15) is 0 Å². The molecule has 0 N–H and O–H groups in total. The molecule has 0 aromatic rings. The van der Waals surface area contributed by atoms with Crippen LogP contribution in [0.15, 0.2) is 16.6 Å². The molecule has 1 heteroatoms. The maximum absolute atomic E-state index is 4.45. The first-order valence-electron chi connectivity index (χ1n) is 10.0. The number of rotatable bonds is 14. The normalized spacial score (nSPS) is 16.5. The fourth-order valence-electron chi connectivity index (χ4n) is 3.31. The lowest BCUT2D eigenvalue weighted by Gasteiger charge is -2.03. The van der Waals surface area contributed by atoms with Crippen molar-refractivity contribution < 1.29 is 0 Å². The van der Waals surface area contributed by atoms with Crippen molar-refractivity contribution in [3.63, 3.8) is 0 Å². The molecule has 0 saturated carbocycles. The Labute approximate surface area is 139 Å². The van der Waals surface area contributed by atoms with Crippen molar-refractivity contribution in [2.24, 2.45) is 4.99 Å². The zero-order valence-corrected chi connectivity index (χ0v) is 15.3. The van der Waals surface area contributed by atoms with E-state index in [1.54, 1.807) is 0 Å². The van der Waals surface area contributed by atoms with Gasteiger partial charge in [-0.25, -0.2) is 0 Å². The molecule has 0 saturated heterocycles. The number of unbranched alkanes of at least 4 members (excludes halogenated alkanes) is 13. The first-order chi connectivity index (χ1) is 10.8. The molecule has 0 atom stereocenters. The second kappa shape index (κ2) is 14.0. The van der Waals surface area contributed by atoms with Crippen molar-refractivity contribution in [3.05, 3.63) is 11.6 Å². The van der Waals surface area contributed by atoms with Crippen molar-refractivity contribution in [2.45, 2.75) is 110 Å². The van der Waals surface area contributed by atoms with Crippen LogP contribution in [0.5, 0.6) is 0 Å². The summed E-state index contributed by atoms with van der Waals surface area (Å²) in [5, 5.41) is 0. The Hall–Kier alpha value is -0.590. The van der Waals surface area contributed by atoms with Crippen LogP contribution in [0.25, 0.3) is 0 Å². The van der Waals surface area contributed by atoms with Crippen LogP contribution in [0.3, 0.4) is 0 Å². The molecular weight excluding hydrogens is 266 g/mol. The van der Waals surface area contributed by atoms with Gasteiger partial charge in [-0.1, -0.05) is 90.0 Å². The lowest BCUT2D eigenvalue weighted by atomic mass is 10.0. The zero-order valence-electron chi connectivity index (χ0n) is 15.3. The van der Waals surface area contributed by atoms with Crippen molar-refractivity contribution in [1.82, 2.24) is 0 Å². The Morgan fingerprint density at radius 3 is 1.73 bits per heavy atom. The minimum Gasteiger partial charge on any atom is -0.289 e. The predicted octanol–water partition coefficient (Wildman–Crippen LogP) is 7.26. The maximum Gasteiger partial charge on any atom is 0.0433 e. The summed E-state index contributed by atoms with van der Waals surface area (Å²) in [6, 6.07) is 0. The standard InChI is InChI=1S/C21H39N/c1-3-4-5-6-7-8-9-10-11-12-13-14-15-16-17-21-18-19-22-20(21)2/h17H,3-16,18-19H2,1-2H3/b21-17-. The summed E-state index contributed by atoms with van der Waals surface area (Å²) in [6.07, 6.45) is 23.6. The van der Waals surface area contributed by atoms with Gasteiger partial charge < -0.3 is 0 Å². The first-order valence-corrected chi connectivity index (χ1v) is 10.0. The smallest absolute Gasteiger partial charge is 0.0433 e. The minimum atomic E-state index is 1.02. The highest BCUT2D eigenvalue weighted by Crippen LogP contribution is 2.16. The van der Waals surface area contributed by atoms with Crippen LogP contribution in [-0.4, -0.2) is 12.3 Å². The number of allylic oxidation sites excluding steroid dienone is 1. The van der Waals surface area contributed by atoms with Crippen LogP contribution >= 0.6 is 0 Å². The van der Waals surface area contributed by atoms with E-state index in [1.807, 2.05) is 0 Å². The third kappa shape index (κ3) is 10.2. The highest BCUT2D eigenvalue weighted by atomic mass is 14.8. The Bertz CT molecular complexity index is 314. The van der Waals surface area contributed by atoms with E-state index >= 15 is 0 Å². The number of nitrogens with zero attached hydrogens (tertiary/aromatic N) is 1. The molecule has 1 heterocycles. The lowest BCUT2D eigenvalue weighted by molar-refractivity contribution is 0.540. The fourth-order valence-corrected chi connectivity index (χ4v) is 3.31. The van der Waals surface area contributed by atoms with E-state index in [2.05, 4.69) is 24.9 Å². The summed E-state index contributed by atoms with van der Waals surface area (Å²) in [4.78, 5) is 4.45. The summed E-state index contributed by atoms with van der Waals surface area (Å²) in [7, 11) is 0.